The topological polar surface area (TPSA) is 72.8 Å². The van der Waals surface area contributed by atoms with Gasteiger partial charge in [-0.25, -0.2) is 0 Å². The highest BCUT2D eigenvalue weighted by Gasteiger charge is 2.16. The molecule has 1 N–H and O–H groups in total. The Balaban J connectivity index is 3.59. The van der Waals surface area contributed by atoms with Gasteiger partial charge >= 0.3 is 11.9 Å². The summed E-state index contributed by atoms with van der Waals surface area (Å²) in [6, 6.07) is 0. The minimum Gasteiger partial charge on any atom is -0.462 e. The lowest BCUT2D eigenvalue weighted by Gasteiger charge is -2.15. The molecule has 0 aliphatic heterocycles. The van der Waals surface area contributed by atoms with Gasteiger partial charge in [-0.3, -0.25) is 9.59 Å². The Bertz CT molecular complexity index is 1420. The van der Waals surface area contributed by atoms with E-state index in [9.17, 15) is 14.7 Å². The first-order chi connectivity index (χ1) is 33.1. The summed E-state index contributed by atoms with van der Waals surface area (Å²) in [5, 5.41) is 9.60. The van der Waals surface area contributed by atoms with Gasteiger partial charge in [0.15, 0.2) is 6.10 Å². The van der Waals surface area contributed by atoms with Crippen molar-refractivity contribution in [1.29, 1.82) is 0 Å². The lowest BCUT2D eigenvalue weighted by molar-refractivity contribution is -0.161. The number of aliphatic hydroxyl groups is 1. The summed E-state index contributed by atoms with van der Waals surface area (Å²) in [5.74, 6) is -0.613. The monoisotopic (exact) mass is 925 g/mol. The lowest BCUT2D eigenvalue weighted by atomic mass is 10.0. The van der Waals surface area contributed by atoms with Crippen LogP contribution in [0.5, 0.6) is 0 Å². The summed E-state index contributed by atoms with van der Waals surface area (Å²) in [4.78, 5) is 24.4. The quantitative estimate of drug-likeness (QED) is 0.0374. The van der Waals surface area contributed by atoms with E-state index in [0.29, 0.717) is 12.8 Å². The molecule has 0 spiro atoms. The second kappa shape index (κ2) is 56.4. The van der Waals surface area contributed by atoms with E-state index in [0.717, 1.165) is 109 Å². The number of carbonyl (C=O) groups excluding carboxylic acids is 2. The summed E-state index contributed by atoms with van der Waals surface area (Å²) < 4.78 is 10.6. The zero-order valence-corrected chi connectivity index (χ0v) is 43.1. The average Bonchev–Trinajstić information content (AvgIpc) is 3.33. The third-order valence-electron chi connectivity index (χ3n) is 11.2. The molecule has 0 rings (SSSR count). The van der Waals surface area contributed by atoms with Crippen molar-refractivity contribution in [2.75, 3.05) is 13.2 Å². The van der Waals surface area contributed by atoms with Crippen LogP contribution in [0.2, 0.25) is 0 Å². The standard InChI is InChI=1S/C62H100O5/c1-3-5-7-9-11-13-15-17-18-19-20-21-22-23-24-25-26-27-28-29-30-31-32-33-34-35-36-37-38-39-40-41-42-43-44-45-47-49-51-53-55-57-62(65)67-60(58-63)59-66-61(64)56-54-52-50-48-46-16-14-12-10-8-6-4-2/h5,7,11-14,17-18,20-21,23-24,26-27,29-30,32-33,35-36,38-39,60,63H,3-4,6,8-10,15-16,19,22,25,28,31,34,37,40-59H2,1-2H3/b7-5-,13-11-,14-12-,18-17-,21-20-,24-23-,27-26-,30-29-,33-32-,36-35-,39-38-. The molecule has 0 aromatic rings. The molecule has 0 saturated carbocycles. The molecule has 0 radical (unpaired) electrons. The van der Waals surface area contributed by atoms with Crippen LogP contribution in [0, 0.1) is 0 Å². The summed E-state index contributed by atoms with van der Waals surface area (Å²) in [7, 11) is 0. The molecule has 0 aromatic heterocycles. The second-order valence-electron chi connectivity index (χ2n) is 17.6. The van der Waals surface area contributed by atoms with E-state index in [-0.39, 0.29) is 25.2 Å². The molecule has 0 aliphatic rings. The zero-order valence-electron chi connectivity index (χ0n) is 43.1. The Morgan fingerprint density at radius 1 is 0.358 bits per heavy atom. The van der Waals surface area contributed by atoms with Crippen molar-refractivity contribution in [3.05, 3.63) is 134 Å². The van der Waals surface area contributed by atoms with Crippen molar-refractivity contribution >= 4 is 11.9 Å². The van der Waals surface area contributed by atoms with Crippen LogP contribution in [0.3, 0.4) is 0 Å². The first kappa shape index (κ1) is 63.0. The molecule has 0 aromatic carbocycles. The van der Waals surface area contributed by atoms with Crippen LogP contribution in [-0.2, 0) is 19.1 Å². The van der Waals surface area contributed by atoms with Crippen molar-refractivity contribution in [2.45, 2.75) is 232 Å². The van der Waals surface area contributed by atoms with E-state index in [2.05, 4.69) is 148 Å². The lowest BCUT2D eigenvalue weighted by Crippen LogP contribution is -2.28. The zero-order chi connectivity index (χ0) is 48.5. The first-order valence-corrected chi connectivity index (χ1v) is 27.2. The maximum absolute atomic E-state index is 12.3. The van der Waals surface area contributed by atoms with Crippen molar-refractivity contribution in [2.24, 2.45) is 0 Å². The van der Waals surface area contributed by atoms with Gasteiger partial charge in [-0.15, -0.1) is 0 Å². The molecule has 0 bridgehead atoms. The molecule has 0 aliphatic carbocycles. The van der Waals surface area contributed by atoms with Gasteiger partial charge in [-0.1, -0.05) is 231 Å². The maximum atomic E-state index is 12.3. The Kier molecular flexibility index (Phi) is 53.0. The number of rotatable bonds is 48. The minimum atomic E-state index is -0.784. The molecule has 0 heterocycles. The number of hydrogen-bond donors (Lipinski definition) is 1. The van der Waals surface area contributed by atoms with Crippen molar-refractivity contribution < 1.29 is 24.2 Å². The van der Waals surface area contributed by atoms with Gasteiger partial charge in [0.2, 0.25) is 0 Å². The maximum Gasteiger partial charge on any atom is 0.306 e. The summed E-state index contributed by atoms with van der Waals surface area (Å²) in [5.41, 5.74) is 0. The van der Waals surface area contributed by atoms with Crippen molar-refractivity contribution in [1.82, 2.24) is 0 Å². The fourth-order valence-corrected chi connectivity index (χ4v) is 7.11. The summed E-state index contributed by atoms with van der Waals surface area (Å²) in [6.07, 6.45) is 84.2. The van der Waals surface area contributed by atoms with E-state index in [1.165, 1.54) is 89.9 Å². The smallest absolute Gasteiger partial charge is 0.306 e. The molecule has 0 saturated heterocycles. The summed E-state index contributed by atoms with van der Waals surface area (Å²) >= 11 is 0. The highest BCUT2D eigenvalue weighted by Crippen LogP contribution is 2.14. The third kappa shape index (κ3) is 54.5. The van der Waals surface area contributed by atoms with E-state index in [1.54, 1.807) is 0 Å². The van der Waals surface area contributed by atoms with Gasteiger partial charge in [0.25, 0.3) is 0 Å². The fraction of sp³-hybridized carbons (Fsp3) is 0.613. The highest BCUT2D eigenvalue weighted by atomic mass is 16.6. The molecule has 1 atom stereocenters. The number of allylic oxidation sites excluding steroid dienone is 22. The van der Waals surface area contributed by atoms with E-state index >= 15 is 0 Å². The third-order valence-corrected chi connectivity index (χ3v) is 11.2. The van der Waals surface area contributed by atoms with Crippen LogP contribution in [-0.4, -0.2) is 36.4 Å². The number of ether oxygens (including phenoxy) is 2. The highest BCUT2D eigenvalue weighted by molar-refractivity contribution is 5.70. The molecule has 0 amide bonds. The van der Waals surface area contributed by atoms with E-state index in [4.69, 9.17) is 9.47 Å². The largest absolute Gasteiger partial charge is 0.462 e. The van der Waals surface area contributed by atoms with Gasteiger partial charge in [-0.2, -0.15) is 0 Å². The Morgan fingerprint density at radius 3 is 0.985 bits per heavy atom. The molecule has 0 fully saturated rings. The molecule has 1 unspecified atom stereocenters. The minimum absolute atomic E-state index is 0.0776. The molecular weight excluding hydrogens is 825 g/mol. The number of unbranched alkanes of at least 4 members (excludes halogenated alkanes) is 18. The Labute approximate surface area is 413 Å². The number of aliphatic hydroxyl groups excluding tert-OH is 1. The van der Waals surface area contributed by atoms with Crippen molar-refractivity contribution in [3.63, 3.8) is 0 Å². The van der Waals surface area contributed by atoms with Crippen molar-refractivity contribution in [3.8, 4) is 0 Å². The first-order valence-electron chi connectivity index (χ1n) is 27.2. The normalized spacial score (nSPS) is 13.3. The Hall–Kier alpha value is -3.96. The number of esters is 2. The predicted octanol–water partition coefficient (Wildman–Crippen LogP) is 18.5. The molecule has 67 heavy (non-hydrogen) atoms. The molecule has 5 nitrogen and oxygen atoms in total. The van der Waals surface area contributed by atoms with Gasteiger partial charge in [0.05, 0.1) is 6.61 Å². The van der Waals surface area contributed by atoms with Crippen LogP contribution in [0.1, 0.15) is 226 Å². The van der Waals surface area contributed by atoms with E-state index in [1.807, 2.05) is 0 Å². The SMILES string of the molecule is CC/C=C\C/C=C\C/C=C\C/C=C\C/C=C\C/C=C\C/C=C\C/C=C\C/C=C\C/C=C\CCCCCCCCCCCCC(=O)OC(CO)COC(=O)CCCCCCC/C=C\CCCCC. The van der Waals surface area contributed by atoms with Gasteiger partial charge in [0.1, 0.15) is 6.61 Å². The summed E-state index contributed by atoms with van der Waals surface area (Å²) in [6.45, 7) is 3.98. The second-order valence-corrected chi connectivity index (χ2v) is 17.6. The predicted molar refractivity (Wildman–Crippen MR) is 292 cm³/mol. The molecular formula is C62H100O5. The fourth-order valence-electron chi connectivity index (χ4n) is 7.11. The van der Waals surface area contributed by atoms with Crippen LogP contribution in [0.25, 0.3) is 0 Å². The van der Waals surface area contributed by atoms with Gasteiger partial charge in [0, 0.05) is 12.8 Å². The molecule has 5 heteroatoms. The average molecular weight is 925 g/mol. The van der Waals surface area contributed by atoms with Crippen LogP contribution in [0.15, 0.2) is 134 Å². The van der Waals surface area contributed by atoms with Gasteiger partial charge < -0.3 is 14.6 Å². The molecule has 378 valence electrons. The van der Waals surface area contributed by atoms with Crippen LogP contribution in [0.4, 0.5) is 0 Å². The van der Waals surface area contributed by atoms with Crippen LogP contribution >= 0.6 is 0 Å². The number of hydrogen-bond acceptors (Lipinski definition) is 5. The Morgan fingerprint density at radius 2 is 0.642 bits per heavy atom. The number of carbonyl (C=O) groups is 2. The van der Waals surface area contributed by atoms with Gasteiger partial charge in [-0.05, 0) is 116 Å². The van der Waals surface area contributed by atoms with Crippen LogP contribution < -0.4 is 0 Å². The van der Waals surface area contributed by atoms with E-state index < -0.39 is 6.10 Å².